The van der Waals surface area contributed by atoms with Crippen LogP contribution in [-0.4, -0.2) is 19.5 Å². The van der Waals surface area contributed by atoms with Gasteiger partial charge in [-0.2, -0.15) is 12.6 Å². The first-order valence-electron chi connectivity index (χ1n) is 1.51. The van der Waals surface area contributed by atoms with E-state index in [1.165, 1.54) is 0 Å². The van der Waals surface area contributed by atoms with Crippen molar-refractivity contribution in [2.24, 2.45) is 0 Å². The molecule has 0 spiro atoms. The van der Waals surface area contributed by atoms with Gasteiger partial charge in [0.2, 0.25) is 0 Å². The second-order valence-corrected chi connectivity index (χ2v) is 1.16. The van der Waals surface area contributed by atoms with Crippen LogP contribution in [0.4, 0.5) is 0 Å². The first-order chi connectivity index (χ1) is 2.41. The van der Waals surface area contributed by atoms with Crippen molar-refractivity contribution in [1.82, 2.24) is 0 Å². The summed E-state index contributed by atoms with van der Waals surface area (Å²) in [4.78, 5) is 0. The lowest BCUT2D eigenvalue weighted by atomic mass is 10.9. The maximum Gasteiger partial charge on any atom is 0.0550 e. The number of thiol groups is 1. The molecule has 0 fully saturated rings. The summed E-state index contributed by atoms with van der Waals surface area (Å²) < 4.78 is 4.61. The second-order valence-electron chi connectivity index (χ2n) is 0.716. The summed E-state index contributed by atoms with van der Waals surface area (Å²) >= 11 is 3.88. The van der Waals surface area contributed by atoms with E-state index >= 15 is 0 Å². The molecule has 0 radical (unpaired) electrons. The average Bonchev–Trinajstić information content (AvgIpc) is 1.41. The van der Waals surface area contributed by atoms with E-state index in [9.17, 15) is 0 Å². The van der Waals surface area contributed by atoms with Crippen LogP contribution in [0, 0.1) is 0 Å². The van der Waals surface area contributed by atoms with Crippen LogP contribution in [-0.2, 0) is 4.74 Å². The van der Waals surface area contributed by atoms with E-state index in [1.54, 1.807) is 7.11 Å². The van der Waals surface area contributed by atoms with Crippen LogP contribution in [0.3, 0.4) is 0 Å². The summed E-state index contributed by atoms with van der Waals surface area (Å²) in [6.45, 7) is 0.753. The van der Waals surface area contributed by atoms with Crippen molar-refractivity contribution in [3.8, 4) is 0 Å². The first kappa shape index (κ1) is 5.31. The molecule has 0 amide bonds. The Morgan fingerprint density at radius 3 is 2.40 bits per heavy atom. The van der Waals surface area contributed by atoms with Gasteiger partial charge in [-0.3, -0.25) is 0 Å². The normalized spacial score (nSPS) is 8.40. The highest BCUT2D eigenvalue weighted by Gasteiger charge is 1.66. The van der Waals surface area contributed by atoms with Crippen LogP contribution < -0.4 is 0 Å². The molecule has 0 unspecified atom stereocenters. The predicted octanol–water partition coefficient (Wildman–Crippen LogP) is 0.563. The molecule has 0 aliphatic carbocycles. The Kier molecular flexibility index (Phi) is 4.58. The fourth-order valence-corrected chi connectivity index (χ4v) is 0.274. The van der Waals surface area contributed by atoms with E-state index in [-0.39, 0.29) is 0 Å². The summed E-state index contributed by atoms with van der Waals surface area (Å²) in [6.07, 6.45) is 0. The Labute approximate surface area is 37.7 Å². The molecule has 0 N–H and O–H groups in total. The van der Waals surface area contributed by atoms with Gasteiger partial charge in [0.05, 0.1) is 6.61 Å². The number of rotatable bonds is 2. The molecule has 1 nitrogen and oxygen atoms in total. The van der Waals surface area contributed by atoms with Crippen LogP contribution in [0.5, 0.6) is 0 Å². The minimum atomic E-state index is 0.753. The largest absolute Gasteiger partial charge is 0.384 e. The van der Waals surface area contributed by atoms with Gasteiger partial charge < -0.3 is 4.74 Å². The third kappa shape index (κ3) is 4.31. The van der Waals surface area contributed by atoms with Gasteiger partial charge in [-0.15, -0.1) is 0 Å². The molecular formula is C3H8OS. The molecule has 32 valence electrons. The summed E-state index contributed by atoms with van der Waals surface area (Å²) in [5, 5.41) is 0. The standard InChI is InChI=1S/C3H8OS/c1-4-2-3-5/h5H,2-3H2,1H3. The van der Waals surface area contributed by atoms with Gasteiger partial charge in [-0.25, -0.2) is 0 Å². The molecule has 0 aliphatic rings. The van der Waals surface area contributed by atoms with E-state index in [0.717, 1.165) is 12.4 Å². The van der Waals surface area contributed by atoms with Crippen molar-refractivity contribution in [2.75, 3.05) is 19.5 Å². The van der Waals surface area contributed by atoms with E-state index < -0.39 is 0 Å². The monoisotopic (exact) mass is 92.0 g/mol. The SMILES string of the molecule is COCCS. The van der Waals surface area contributed by atoms with Gasteiger partial charge in [0.25, 0.3) is 0 Å². The van der Waals surface area contributed by atoms with Crippen molar-refractivity contribution in [3.05, 3.63) is 0 Å². The maximum atomic E-state index is 4.61. The average molecular weight is 92.2 g/mol. The van der Waals surface area contributed by atoms with Gasteiger partial charge in [-0.05, 0) is 0 Å². The summed E-state index contributed by atoms with van der Waals surface area (Å²) in [7, 11) is 1.66. The van der Waals surface area contributed by atoms with Gasteiger partial charge >= 0.3 is 0 Å². The maximum absolute atomic E-state index is 4.61. The van der Waals surface area contributed by atoms with Crippen molar-refractivity contribution < 1.29 is 4.74 Å². The third-order valence-electron chi connectivity index (χ3n) is 0.295. The molecule has 0 atom stereocenters. The summed E-state index contributed by atoms with van der Waals surface area (Å²) in [6, 6.07) is 0. The number of hydrogen-bond acceptors (Lipinski definition) is 2. The molecule has 0 saturated carbocycles. The second kappa shape index (κ2) is 4.31. The van der Waals surface area contributed by atoms with Crippen molar-refractivity contribution in [3.63, 3.8) is 0 Å². The lowest BCUT2D eigenvalue weighted by molar-refractivity contribution is 0.219. The van der Waals surface area contributed by atoms with Gasteiger partial charge in [0, 0.05) is 12.9 Å². The topological polar surface area (TPSA) is 9.23 Å². The van der Waals surface area contributed by atoms with Crippen LogP contribution in [0.15, 0.2) is 0 Å². The first-order valence-corrected chi connectivity index (χ1v) is 2.15. The quantitative estimate of drug-likeness (QED) is 0.490. The molecule has 0 aromatic rings. The molecule has 0 aliphatic heterocycles. The summed E-state index contributed by atoms with van der Waals surface area (Å²) in [5.41, 5.74) is 0. The van der Waals surface area contributed by atoms with Crippen molar-refractivity contribution in [1.29, 1.82) is 0 Å². The Balaban J connectivity index is 2.19. The lowest BCUT2D eigenvalue weighted by Crippen LogP contribution is -1.85. The highest BCUT2D eigenvalue weighted by Crippen LogP contribution is 1.69. The zero-order valence-corrected chi connectivity index (χ0v) is 4.16. The molecule has 0 heterocycles. The van der Waals surface area contributed by atoms with Gasteiger partial charge in [-0.1, -0.05) is 0 Å². The minimum Gasteiger partial charge on any atom is -0.384 e. The van der Waals surface area contributed by atoms with Crippen LogP contribution in [0.2, 0.25) is 0 Å². The van der Waals surface area contributed by atoms with Gasteiger partial charge in [0.1, 0.15) is 0 Å². The fraction of sp³-hybridized carbons (Fsp3) is 1.00. The van der Waals surface area contributed by atoms with Crippen LogP contribution in [0.25, 0.3) is 0 Å². The Bertz CT molecular complexity index is 14.4. The lowest BCUT2D eigenvalue weighted by Gasteiger charge is -1.84. The Morgan fingerprint density at radius 1 is 1.80 bits per heavy atom. The number of hydrogen-bond donors (Lipinski definition) is 1. The van der Waals surface area contributed by atoms with E-state index in [2.05, 4.69) is 17.4 Å². The third-order valence-corrected chi connectivity index (χ3v) is 0.478. The van der Waals surface area contributed by atoms with E-state index in [0.29, 0.717) is 0 Å². The van der Waals surface area contributed by atoms with Gasteiger partial charge in [0.15, 0.2) is 0 Å². The number of methoxy groups -OCH3 is 1. The zero-order valence-electron chi connectivity index (χ0n) is 3.27. The Morgan fingerprint density at radius 2 is 2.40 bits per heavy atom. The molecule has 0 saturated heterocycles. The molecule has 0 aromatic carbocycles. The van der Waals surface area contributed by atoms with Crippen LogP contribution >= 0.6 is 12.6 Å². The summed E-state index contributed by atoms with van der Waals surface area (Å²) in [5.74, 6) is 0.816. The minimum absolute atomic E-state index is 0.753. The molecule has 5 heavy (non-hydrogen) atoms. The smallest absolute Gasteiger partial charge is 0.0550 e. The van der Waals surface area contributed by atoms with E-state index in [4.69, 9.17) is 0 Å². The number of ether oxygens (including phenoxy) is 1. The van der Waals surface area contributed by atoms with Crippen molar-refractivity contribution >= 4 is 12.6 Å². The molecular weight excluding hydrogens is 84.1 g/mol. The Hall–Kier alpha value is 0.310. The highest BCUT2D eigenvalue weighted by molar-refractivity contribution is 7.80. The zero-order chi connectivity index (χ0) is 4.12. The highest BCUT2D eigenvalue weighted by atomic mass is 32.1. The molecule has 2 heteroatoms. The fourth-order valence-electron chi connectivity index (χ4n) is 0.0913. The molecule has 0 aromatic heterocycles. The predicted molar refractivity (Wildman–Crippen MR) is 25.7 cm³/mol. The van der Waals surface area contributed by atoms with E-state index in [1.807, 2.05) is 0 Å². The molecule has 0 bridgehead atoms. The van der Waals surface area contributed by atoms with Crippen LogP contribution in [0.1, 0.15) is 0 Å². The molecule has 0 rings (SSSR count). The van der Waals surface area contributed by atoms with Crippen molar-refractivity contribution in [2.45, 2.75) is 0 Å².